The summed E-state index contributed by atoms with van der Waals surface area (Å²) in [6, 6.07) is 26.3. The molecule has 4 aromatic rings. The zero-order valence-corrected chi connectivity index (χ0v) is 16.6. The zero-order chi connectivity index (χ0) is 21.6. The molecule has 0 saturated carbocycles. The van der Waals surface area contributed by atoms with Gasteiger partial charge in [-0.2, -0.15) is 10.4 Å². The number of benzene rings is 3. The van der Waals surface area contributed by atoms with Gasteiger partial charge < -0.3 is 9.67 Å². The third-order valence-electron chi connectivity index (χ3n) is 5.04. The monoisotopic (exact) mass is 408 g/mol. The standard InChI is InChI=1S/C25H20N4O2/c26-14-19-10-4-5-11-20(19)16-29-17-21(22-12-6-7-13-23(22)29)15-27-28-25(31)24(30)18-8-2-1-3-9-18/h1-13,15,17,24,30H,16H2,(H,28,31)/b27-15-/t24-/m1/s1. The van der Waals surface area contributed by atoms with E-state index >= 15 is 0 Å². The van der Waals surface area contributed by atoms with E-state index < -0.39 is 12.0 Å². The van der Waals surface area contributed by atoms with Crippen molar-refractivity contribution in [3.05, 3.63) is 107 Å². The van der Waals surface area contributed by atoms with Crippen molar-refractivity contribution in [1.29, 1.82) is 5.26 Å². The van der Waals surface area contributed by atoms with Gasteiger partial charge in [0.05, 0.1) is 17.8 Å². The van der Waals surface area contributed by atoms with Crippen molar-refractivity contribution in [1.82, 2.24) is 9.99 Å². The lowest BCUT2D eigenvalue weighted by molar-refractivity contribution is -0.129. The molecule has 1 heterocycles. The molecule has 2 N–H and O–H groups in total. The fraction of sp³-hybridized carbons (Fsp3) is 0.0800. The van der Waals surface area contributed by atoms with Crippen LogP contribution >= 0.6 is 0 Å². The predicted octanol–water partition coefficient (Wildman–Crippen LogP) is 3.74. The van der Waals surface area contributed by atoms with Crippen molar-refractivity contribution in [3.63, 3.8) is 0 Å². The van der Waals surface area contributed by atoms with Crippen molar-refractivity contribution in [2.75, 3.05) is 0 Å². The first-order valence-corrected chi connectivity index (χ1v) is 9.79. The normalized spacial score (nSPS) is 12.0. The summed E-state index contributed by atoms with van der Waals surface area (Å²) in [5.74, 6) is -0.603. The van der Waals surface area contributed by atoms with E-state index in [4.69, 9.17) is 0 Å². The smallest absolute Gasteiger partial charge is 0.273 e. The predicted molar refractivity (Wildman–Crippen MR) is 119 cm³/mol. The van der Waals surface area contributed by atoms with Gasteiger partial charge in [-0.15, -0.1) is 0 Å². The number of nitrogens with one attached hydrogen (secondary N) is 1. The van der Waals surface area contributed by atoms with Crippen LogP contribution in [0.15, 0.2) is 90.2 Å². The van der Waals surface area contributed by atoms with Crippen LogP contribution in [0.3, 0.4) is 0 Å². The summed E-state index contributed by atoms with van der Waals surface area (Å²) < 4.78 is 2.05. The molecule has 6 heteroatoms. The number of fused-ring (bicyclic) bond motifs is 1. The van der Waals surface area contributed by atoms with E-state index in [0.29, 0.717) is 17.7 Å². The molecule has 0 fully saturated rings. The first-order valence-electron chi connectivity index (χ1n) is 9.79. The van der Waals surface area contributed by atoms with Gasteiger partial charge in [0.1, 0.15) is 0 Å². The SMILES string of the molecule is N#Cc1ccccc1Cn1cc(/C=N\NC(=O)[C@H](O)c2ccccc2)c2ccccc21. The Bertz CT molecular complexity index is 1290. The molecule has 4 rings (SSSR count). The van der Waals surface area contributed by atoms with E-state index in [1.807, 2.05) is 59.3 Å². The van der Waals surface area contributed by atoms with Crippen LogP contribution in [0, 0.1) is 11.3 Å². The molecule has 31 heavy (non-hydrogen) atoms. The fourth-order valence-electron chi connectivity index (χ4n) is 3.47. The Morgan fingerprint density at radius 3 is 2.58 bits per heavy atom. The minimum atomic E-state index is -1.29. The second-order valence-corrected chi connectivity index (χ2v) is 7.05. The van der Waals surface area contributed by atoms with Crippen molar-refractivity contribution in [3.8, 4) is 6.07 Å². The molecule has 0 aliphatic rings. The van der Waals surface area contributed by atoms with E-state index in [1.165, 1.54) is 0 Å². The summed E-state index contributed by atoms with van der Waals surface area (Å²) >= 11 is 0. The van der Waals surface area contributed by atoms with Crippen LogP contribution in [0.2, 0.25) is 0 Å². The molecule has 0 saturated heterocycles. The molecule has 0 aliphatic carbocycles. The molecule has 0 unspecified atom stereocenters. The number of nitriles is 1. The largest absolute Gasteiger partial charge is 0.378 e. The molecule has 0 bridgehead atoms. The lowest BCUT2D eigenvalue weighted by Gasteiger charge is -2.08. The summed E-state index contributed by atoms with van der Waals surface area (Å²) in [6.07, 6.45) is 2.20. The van der Waals surface area contributed by atoms with Crippen LogP contribution in [0.4, 0.5) is 0 Å². The van der Waals surface area contributed by atoms with Crippen LogP contribution in [0.5, 0.6) is 0 Å². The average molecular weight is 408 g/mol. The van der Waals surface area contributed by atoms with Crippen LogP contribution in [0.25, 0.3) is 10.9 Å². The summed E-state index contributed by atoms with van der Waals surface area (Å²) in [5.41, 5.74) is 6.28. The highest BCUT2D eigenvalue weighted by Crippen LogP contribution is 2.22. The van der Waals surface area contributed by atoms with Gasteiger partial charge in [-0.05, 0) is 23.3 Å². The second-order valence-electron chi connectivity index (χ2n) is 7.05. The summed E-state index contributed by atoms with van der Waals surface area (Å²) in [4.78, 5) is 12.2. The van der Waals surface area contributed by atoms with Crippen LogP contribution < -0.4 is 5.43 Å². The van der Waals surface area contributed by atoms with Gasteiger partial charge >= 0.3 is 0 Å². The van der Waals surface area contributed by atoms with Gasteiger partial charge in [-0.3, -0.25) is 4.79 Å². The highest BCUT2D eigenvalue weighted by molar-refractivity contribution is 5.99. The van der Waals surface area contributed by atoms with Crippen molar-refractivity contribution < 1.29 is 9.90 Å². The van der Waals surface area contributed by atoms with Crippen LogP contribution in [-0.2, 0) is 11.3 Å². The lowest BCUT2D eigenvalue weighted by Crippen LogP contribution is -2.25. The number of carbonyl (C=O) groups is 1. The maximum absolute atomic E-state index is 12.2. The van der Waals surface area contributed by atoms with Crippen LogP contribution in [-0.4, -0.2) is 21.8 Å². The number of rotatable bonds is 6. The minimum Gasteiger partial charge on any atom is -0.378 e. The van der Waals surface area contributed by atoms with E-state index in [9.17, 15) is 15.2 Å². The van der Waals surface area contributed by atoms with Gasteiger partial charge in [0.15, 0.2) is 6.10 Å². The molecular weight excluding hydrogens is 388 g/mol. The topological polar surface area (TPSA) is 90.4 Å². The van der Waals surface area contributed by atoms with E-state index in [-0.39, 0.29) is 0 Å². The Hall–Kier alpha value is -4.21. The number of aromatic nitrogens is 1. The summed E-state index contributed by atoms with van der Waals surface area (Å²) in [6.45, 7) is 0.539. The Kier molecular flexibility index (Phi) is 5.88. The third-order valence-corrected chi connectivity index (χ3v) is 5.04. The number of aliphatic hydroxyl groups is 1. The number of para-hydroxylation sites is 1. The number of hydrazone groups is 1. The van der Waals surface area contributed by atoms with Crippen molar-refractivity contribution in [2.45, 2.75) is 12.6 Å². The highest BCUT2D eigenvalue weighted by atomic mass is 16.3. The van der Waals surface area contributed by atoms with Crippen molar-refractivity contribution in [2.24, 2.45) is 5.10 Å². The molecule has 0 radical (unpaired) electrons. The average Bonchev–Trinajstić information content (AvgIpc) is 3.17. The quantitative estimate of drug-likeness (QED) is 0.376. The number of amides is 1. The molecule has 0 aliphatic heterocycles. The van der Waals surface area contributed by atoms with Gasteiger partial charge in [0.25, 0.3) is 5.91 Å². The van der Waals surface area contributed by atoms with Gasteiger partial charge in [0.2, 0.25) is 0 Å². The first kappa shape index (κ1) is 20.1. The molecule has 1 aromatic heterocycles. The molecule has 152 valence electrons. The maximum Gasteiger partial charge on any atom is 0.273 e. The number of aliphatic hydroxyl groups excluding tert-OH is 1. The number of hydrogen-bond donors (Lipinski definition) is 2. The van der Waals surface area contributed by atoms with Crippen LogP contribution in [0.1, 0.15) is 28.4 Å². The number of nitrogens with zero attached hydrogens (tertiary/aromatic N) is 3. The molecule has 0 spiro atoms. The zero-order valence-electron chi connectivity index (χ0n) is 16.6. The number of carbonyl (C=O) groups excluding carboxylic acids is 1. The molecule has 3 aromatic carbocycles. The van der Waals surface area contributed by atoms with Gasteiger partial charge in [-0.25, -0.2) is 5.43 Å². The first-order chi connectivity index (χ1) is 15.2. The van der Waals surface area contributed by atoms with Gasteiger partial charge in [-0.1, -0.05) is 66.7 Å². The van der Waals surface area contributed by atoms with Gasteiger partial charge in [0, 0.05) is 29.2 Å². The minimum absolute atomic E-state index is 0.503. The summed E-state index contributed by atoms with van der Waals surface area (Å²) in [7, 11) is 0. The van der Waals surface area contributed by atoms with E-state index in [0.717, 1.165) is 22.0 Å². The molecule has 6 nitrogen and oxygen atoms in total. The fourth-order valence-corrected chi connectivity index (χ4v) is 3.47. The van der Waals surface area contributed by atoms with E-state index in [1.54, 1.807) is 36.5 Å². The third kappa shape index (κ3) is 4.37. The Morgan fingerprint density at radius 1 is 1.06 bits per heavy atom. The highest BCUT2D eigenvalue weighted by Gasteiger charge is 2.16. The second kappa shape index (κ2) is 9.08. The summed E-state index contributed by atoms with van der Waals surface area (Å²) in [5, 5.41) is 24.5. The van der Waals surface area contributed by atoms with E-state index in [2.05, 4.69) is 16.6 Å². The van der Waals surface area contributed by atoms with Crippen molar-refractivity contribution >= 4 is 23.0 Å². The lowest BCUT2D eigenvalue weighted by atomic mass is 10.1. The molecular formula is C25H20N4O2. The molecule has 1 amide bonds. The number of hydrogen-bond acceptors (Lipinski definition) is 4. The Balaban J connectivity index is 1.56. The Morgan fingerprint density at radius 2 is 1.77 bits per heavy atom. The molecule has 1 atom stereocenters. The Labute approximate surface area is 179 Å². The maximum atomic E-state index is 12.2.